The predicted octanol–water partition coefficient (Wildman–Crippen LogP) is 2.95. The average molecular weight is 258 g/mol. The number of hydrogen-bond donors (Lipinski definition) is 0. The smallest absolute Gasteiger partial charge is 0.117 e. The van der Waals surface area contributed by atoms with Crippen LogP contribution in [0.1, 0.15) is 0 Å². The van der Waals surface area contributed by atoms with Crippen LogP contribution in [0, 0.1) is 5.88 Å². The monoisotopic (exact) mass is 257 g/mol. The largest absolute Gasteiger partial charge is 0.186 e. The average Bonchev–Trinajstić information content (AvgIpc) is 1.35. The number of alkyl halides is 3. The SMILES string of the molecule is Cl[CH]C(Cl)(Cl)I. The fraction of sp³-hybridized carbons (Fsp3) is 0.500. The maximum Gasteiger partial charge on any atom is 0.186 e. The zero-order valence-corrected chi connectivity index (χ0v) is 7.01. The van der Waals surface area contributed by atoms with Gasteiger partial charge in [-0.05, 0) is 22.6 Å². The predicted molar refractivity (Wildman–Crippen MR) is 38.6 cm³/mol. The Balaban J connectivity index is 3.17. The van der Waals surface area contributed by atoms with Crippen molar-refractivity contribution in [2.75, 3.05) is 0 Å². The van der Waals surface area contributed by atoms with E-state index in [1.54, 1.807) is 22.6 Å². The molecule has 0 aliphatic heterocycles. The highest BCUT2D eigenvalue weighted by atomic mass is 127. The molecule has 0 atom stereocenters. The Morgan fingerprint density at radius 1 is 1.50 bits per heavy atom. The van der Waals surface area contributed by atoms with Gasteiger partial charge in [-0.25, -0.2) is 0 Å². The quantitative estimate of drug-likeness (QED) is 0.501. The summed E-state index contributed by atoms with van der Waals surface area (Å²) in [5, 5.41) is 0. The molecule has 0 heterocycles. The van der Waals surface area contributed by atoms with Crippen LogP contribution < -0.4 is 0 Å². The summed E-state index contributed by atoms with van der Waals surface area (Å²) >= 11 is 17.4. The molecular weight excluding hydrogens is 257 g/mol. The summed E-state index contributed by atoms with van der Waals surface area (Å²) in [5.41, 5.74) is 0. The van der Waals surface area contributed by atoms with Crippen molar-refractivity contribution in [1.29, 1.82) is 0 Å². The minimum atomic E-state index is -0.903. The molecule has 0 bridgehead atoms. The van der Waals surface area contributed by atoms with Gasteiger partial charge in [0.25, 0.3) is 0 Å². The lowest BCUT2D eigenvalue weighted by molar-refractivity contribution is 1.52. The summed E-state index contributed by atoms with van der Waals surface area (Å²) in [6.07, 6.45) is 0. The molecule has 6 heavy (non-hydrogen) atoms. The Kier molecular flexibility index (Phi) is 3.54. The van der Waals surface area contributed by atoms with Crippen molar-refractivity contribution in [3.63, 3.8) is 0 Å². The van der Waals surface area contributed by atoms with Crippen molar-refractivity contribution in [1.82, 2.24) is 0 Å². The highest BCUT2D eigenvalue weighted by Gasteiger charge is 2.15. The maximum absolute atomic E-state index is 5.28. The van der Waals surface area contributed by atoms with E-state index in [-0.39, 0.29) is 0 Å². The van der Waals surface area contributed by atoms with Crippen molar-refractivity contribution in [3.05, 3.63) is 5.88 Å². The topological polar surface area (TPSA) is 0 Å². The lowest BCUT2D eigenvalue weighted by Gasteiger charge is -2.00. The standard InChI is InChI=1S/C2HCl3I/c3-1-2(4,5)6/h1H. The van der Waals surface area contributed by atoms with E-state index in [9.17, 15) is 0 Å². The van der Waals surface area contributed by atoms with Gasteiger partial charge >= 0.3 is 0 Å². The molecule has 0 rings (SSSR count). The van der Waals surface area contributed by atoms with Crippen LogP contribution >= 0.6 is 57.4 Å². The minimum absolute atomic E-state index is 0.903. The van der Waals surface area contributed by atoms with Crippen molar-refractivity contribution in [2.45, 2.75) is 2.34 Å². The fourth-order valence-corrected chi connectivity index (χ4v) is 0. The molecule has 0 aromatic carbocycles. The number of hydrogen-bond acceptors (Lipinski definition) is 0. The molecule has 0 fully saturated rings. The third kappa shape index (κ3) is 5.60. The highest BCUT2D eigenvalue weighted by molar-refractivity contribution is 14.1. The van der Waals surface area contributed by atoms with Gasteiger partial charge in [0.2, 0.25) is 0 Å². The van der Waals surface area contributed by atoms with E-state index in [0.29, 0.717) is 0 Å². The van der Waals surface area contributed by atoms with Gasteiger partial charge in [-0.1, -0.05) is 23.2 Å². The van der Waals surface area contributed by atoms with Gasteiger partial charge in [-0.15, -0.1) is 11.6 Å². The molecule has 1 radical (unpaired) electrons. The molecule has 0 spiro atoms. The van der Waals surface area contributed by atoms with Crippen LogP contribution in [0.2, 0.25) is 0 Å². The van der Waals surface area contributed by atoms with E-state index in [0.717, 1.165) is 0 Å². The van der Waals surface area contributed by atoms with E-state index < -0.39 is 2.34 Å². The zero-order valence-electron chi connectivity index (χ0n) is 2.59. The van der Waals surface area contributed by atoms with Crippen LogP contribution in [0.25, 0.3) is 0 Å². The summed E-state index contributed by atoms with van der Waals surface area (Å²) < 4.78 is -0.903. The Hall–Kier alpha value is 1.60. The minimum Gasteiger partial charge on any atom is -0.117 e. The van der Waals surface area contributed by atoms with Crippen LogP contribution in [0.15, 0.2) is 0 Å². The zero-order chi connectivity index (χ0) is 5.21. The first-order valence-corrected chi connectivity index (χ1v) is 3.34. The summed E-state index contributed by atoms with van der Waals surface area (Å²) in [6.45, 7) is 0. The molecule has 0 aromatic heterocycles. The first-order valence-electron chi connectivity index (χ1n) is 1.07. The Bertz CT molecular complexity index is 38.5. The van der Waals surface area contributed by atoms with E-state index in [4.69, 9.17) is 34.8 Å². The Morgan fingerprint density at radius 3 is 1.67 bits per heavy atom. The maximum atomic E-state index is 5.28. The van der Waals surface area contributed by atoms with E-state index in [1.807, 2.05) is 0 Å². The third-order valence-corrected chi connectivity index (χ3v) is 1.57. The van der Waals surface area contributed by atoms with Gasteiger partial charge in [0.15, 0.2) is 2.34 Å². The fourth-order valence-electron chi connectivity index (χ4n) is 0. The molecule has 0 saturated heterocycles. The molecule has 0 nitrogen and oxygen atoms in total. The lowest BCUT2D eigenvalue weighted by atomic mass is 10.9. The second-order valence-electron chi connectivity index (χ2n) is 0.651. The summed E-state index contributed by atoms with van der Waals surface area (Å²) in [4.78, 5) is 0. The second-order valence-corrected chi connectivity index (χ2v) is 5.23. The summed E-state index contributed by atoms with van der Waals surface area (Å²) in [5.74, 6) is 1.18. The van der Waals surface area contributed by atoms with Crippen LogP contribution in [-0.2, 0) is 0 Å². The van der Waals surface area contributed by atoms with Gasteiger partial charge in [0.05, 0.1) is 5.88 Å². The first kappa shape index (κ1) is 7.60. The molecule has 4 heteroatoms. The molecule has 0 aromatic rings. The lowest BCUT2D eigenvalue weighted by Crippen LogP contribution is -1.93. The first-order chi connectivity index (χ1) is 2.56. The highest BCUT2D eigenvalue weighted by Crippen LogP contribution is 2.33. The molecular formula is C2HCl3I. The van der Waals surface area contributed by atoms with Gasteiger partial charge in [-0.3, -0.25) is 0 Å². The van der Waals surface area contributed by atoms with E-state index >= 15 is 0 Å². The normalized spacial score (nSPS) is 12.0. The molecule has 37 valence electrons. The van der Waals surface area contributed by atoms with Crippen molar-refractivity contribution < 1.29 is 0 Å². The summed E-state index contributed by atoms with van der Waals surface area (Å²) in [7, 11) is 0. The van der Waals surface area contributed by atoms with Crippen LogP contribution in [-0.4, -0.2) is 2.34 Å². The van der Waals surface area contributed by atoms with Crippen molar-refractivity contribution in [3.8, 4) is 0 Å². The van der Waals surface area contributed by atoms with Crippen LogP contribution in [0.3, 0.4) is 0 Å². The molecule has 0 aliphatic rings. The van der Waals surface area contributed by atoms with Gasteiger partial charge < -0.3 is 0 Å². The molecule has 0 amide bonds. The number of rotatable bonds is 1. The second kappa shape index (κ2) is 2.80. The van der Waals surface area contributed by atoms with Gasteiger partial charge in [-0.2, -0.15) is 0 Å². The molecule has 0 unspecified atom stereocenters. The van der Waals surface area contributed by atoms with Gasteiger partial charge in [0.1, 0.15) is 0 Å². The van der Waals surface area contributed by atoms with Crippen molar-refractivity contribution >= 4 is 57.4 Å². The molecule has 0 N–H and O–H groups in total. The van der Waals surface area contributed by atoms with Crippen molar-refractivity contribution in [2.24, 2.45) is 0 Å². The van der Waals surface area contributed by atoms with Crippen LogP contribution in [0.5, 0.6) is 0 Å². The van der Waals surface area contributed by atoms with E-state index in [1.165, 1.54) is 5.88 Å². The Labute approximate surface area is 65.3 Å². The Morgan fingerprint density at radius 2 is 1.67 bits per heavy atom. The van der Waals surface area contributed by atoms with E-state index in [2.05, 4.69) is 0 Å². The molecule has 0 saturated carbocycles. The van der Waals surface area contributed by atoms with Gasteiger partial charge in [0, 0.05) is 0 Å². The third-order valence-electron chi connectivity index (χ3n) is 0.124. The van der Waals surface area contributed by atoms with Crippen LogP contribution in [0.4, 0.5) is 0 Å². The summed E-state index contributed by atoms with van der Waals surface area (Å²) in [6, 6.07) is 0. The number of halogens is 4. The molecule has 0 aliphatic carbocycles.